The molecule has 0 aromatic heterocycles. The summed E-state index contributed by atoms with van der Waals surface area (Å²) < 4.78 is 0. The van der Waals surface area contributed by atoms with Gasteiger partial charge in [-0.3, -0.25) is 9.69 Å². The van der Waals surface area contributed by atoms with Crippen molar-refractivity contribution in [1.29, 1.82) is 0 Å². The maximum Gasteiger partial charge on any atom is 0.304 e. The molecule has 0 radical (unpaired) electrons. The van der Waals surface area contributed by atoms with Crippen LogP contribution in [0, 0.1) is 5.92 Å². The van der Waals surface area contributed by atoms with Gasteiger partial charge in [0.25, 0.3) is 0 Å². The molecule has 0 amide bonds. The second-order valence-corrected chi connectivity index (χ2v) is 5.49. The van der Waals surface area contributed by atoms with Crippen molar-refractivity contribution >= 4 is 5.97 Å². The average Bonchev–Trinajstić information content (AvgIpc) is 2.52. The summed E-state index contributed by atoms with van der Waals surface area (Å²) in [5.74, 6) is -0.186. The third-order valence-corrected chi connectivity index (χ3v) is 3.47. The Balaban J connectivity index is 1.98. The van der Waals surface area contributed by atoms with Crippen molar-refractivity contribution in [2.75, 3.05) is 19.6 Å². The van der Waals surface area contributed by atoms with Gasteiger partial charge in [0.15, 0.2) is 0 Å². The molecular weight excluding hydrogens is 240 g/mol. The molecule has 0 spiro atoms. The number of rotatable bonds is 4. The van der Waals surface area contributed by atoms with E-state index < -0.39 is 5.97 Å². The van der Waals surface area contributed by atoms with Crippen molar-refractivity contribution in [1.82, 2.24) is 10.2 Å². The van der Waals surface area contributed by atoms with Crippen LogP contribution >= 0.6 is 0 Å². The summed E-state index contributed by atoms with van der Waals surface area (Å²) in [6, 6.07) is 10.4. The number of benzene rings is 1. The molecule has 4 heteroatoms. The highest BCUT2D eigenvalue weighted by molar-refractivity contribution is 5.67. The quantitative estimate of drug-likeness (QED) is 0.865. The number of carboxylic acids is 1. The van der Waals surface area contributed by atoms with Crippen LogP contribution in [0.2, 0.25) is 0 Å². The van der Waals surface area contributed by atoms with E-state index in [9.17, 15) is 4.79 Å². The van der Waals surface area contributed by atoms with Gasteiger partial charge in [0.2, 0.25) is 0 Å². The van der Waals surface area contributed by atoms with Crippen molar-refractivity contribution in [2.24, 2.45) is 5.92 Å². The third-order valence-electron chi connectivity index (χ3n) is 3.47. The molecule has 1 aliphatic rings. The van der Waals surface area contributed by atoms with Crippen LogP contribution in [0.3, 0.4) is 0 Å². The van der Waals surface area contributed by atoms with E-state index in [1.807, 2.05) is 18.2 Å². The first-order valence-electron chi connectivity index (χ1n) is 6.85. The number of nitrogens with one attached hydrogen (secondary N) is 1. The van der Waals surface area contributed by atoms with Gasteiger partial charge in [-0.15, -0.1) is 0 Å². The molecule has 4 nitrogen and oxygen atoms in total. The highest BCUT2D eigenvalue weighted by Gasteiger charge is 2.23. The van der Waals surface area contributed by atoms with Crippen LogP contribution in [0.25, 0.3) is 0 Å². The van der Waals surface area contributed by atoms with E-state index >= 15 is 0 Å². The van der Waals surface area contributed by atoms with Crippen LogP contribution in [0.1, 0.15) is 18.9 Å². The van der Waals surface area contributed by atoms with Crippen molar-refractivity contribution in [3.05, 3.63) is 35.9 Å². The number of carbonyl (C=O) groups is 1. The van der Waals surface area contributed by atoms with E-state index in [-0.39, 0.29) is 12.5 Å². The number of carboxylic acid groups (broad SMARTS) is 1. The normalized spacial score (nSPS) is 24.9. The van der Waals surface area contributed by atoms with E-state index in [1.54, 1.807) is 0 Å². The lowest BCUT2D eigenvalue weighted by atomic mass is 10.1. The van der Waals surface area contributed by atoms with Gasteiger partial charge in [-0.25, -0.2) is 0 Å². The van der Waals surface area contributed by atoms with E-state index in [0.29, 0.717) is 5.92 Å². The van der Waals surface area contributed by atoms with Gasteiger partial charge in [0.05, 0.1) is 6.42 Å². The SMILES string of the molecule is CC1CNC(CC(=O)O)CN(Cc2ccccc2)C1. The average molecular weight is 262 g/mol. The second kappa shape index (κ2) is 6.68. The minimum atomic E-state index is -0.730. The van der Waals surface area contributed by atoms with Crippen LogP contribution in [0.4, 0.5) is 0 Å². The number of aliphatic carboxylic acids is 1. The van der Waals surface area contributed by atoms with Crippen molar-refractivity contribution in [2.45, 2.75) is 25.9 Å². The minimum Gasteiger partial charge on any atom is -0.481 e. The Kier molecular flexibility index (Phi) is 4.93. The molecule has 1 fully saturated rings. The first-order chi connectivity index (χ1) is 9.13. The fraction of sp³-hybridized carbons (Fsp3) is 0.533. The summed E-state index contributed by atoms with van der Waals surface area (Å²) in [6.45, 7) is 5.80. The number of hydrogen-bond donors (Lipinski definition) is 2. The second-order valence-electron chi connectivity index (χ2n) is 5.49. The summed E-state index contributed by atoms with van der Waals surface area (Å²) in [7, 11) is 0. The molecule has 19 heavy (non-hydrogen) atoms. The molecule has 2 unspecified atom stereocenters. The van der Waals surface area contributed by atoms with Gasteiger partial charge in [0, 0.05) is 25.7 Å². The van der Waals surface area contributed by atoms with Gasteiger partial charge in [0.1, 0.15) is 0 Å². The largest absolute Gasteiger partial charge is 0.481 e. The maximum absolute atomic E-state index is 10.9. The third kappa shape index (κ3) is 4.65. The van der Waals surface area contributed by atoms with Crippen LogP contribution in [-0.4, -0.2) is 41.7 Å². The topological polar surface area (TPSA) is 52.6 Å². The first-order valence-corrected chi connectivity index (χ1v) is 6.85. The predicted molar refractivity (Wildman–Crippen MR) is 74.9 cm³/mol. The molecule has 2 rings (SSSR count). The zero-order valence-electron chi connectivity index (χ0n) is 11.4. The summed E-state index contributed by atoms with van der Waals surface area (Å²) in [5, 5.41) is 12.3. The smallest absolute Gasteiger partial charge is 0.304 e. The fourth-order valence-corrected chi connectivity index (χ4v) is 2.64. The zero-order valence-corrected chi connectivity index (χ0v) is 11.4. The number of nitrogens with zero attached hydrogens (tertiary/aromatic N) is 1. The molecule has 1 aliphatic heterocycles. The summed E-state index contributed by atoms with van der Waals surface area (Å²) in [5.41, 5.74) is 1.28. The van der Waals surface area contributed by atoms with Gasteiger partial charge in [-0.1, -0.05) is 37.3 Å². The van der Waals surface area contributed by atoms with E-state index in [4.69, 9.17) is 5.11 Å². The van der Waals surface area contributed by atoms with Crippen LogP contribution < -0.4 is 5.32 Å². The summed E-state index contributed by atoms with van der Waals surface area (Å²) in [4.78, 5) is 13.2. The molecule has 1 heterocycles. The van der Waals surface area contributed by atoms with Gasteiger partial charge in [-0.2, -0.15) is 0 Å². The van der Waals surface area contributed by atoms with Crippen molar-refractivity contribution in [3.63, 3.8) is 0 Å². The molecule has 104 valence electrons. The molecule has 2 N–H and O–H groups in total. The predicted octanol–water partition coefficient (Wildman–Crippen LogP) is 1.57. The molecule has 2 atom stereocenters. The van der Waals surface area contributed by atoms with Crippen molar-refractivity contribution in [3.8, 4) is 0 Å². The summed E-state index contributed by atoms with van der Waals surface area (Å²) in [6.07, 6.45) is 0.192. The highest BCUT2D eigenvalue weighted by Crippen LogP contribution is 2.12. The van der Waals surface area contributed by atoms with Crippen molar-refractivity contribution < 1.29 is 9.90 Å². The van der Waals surface area contributed by atoms with E-state index in [2.05, 4.69) is 29.3 Å². The Labute approximate surface area is 114 Å². The minimum absolute atomic E-state index is 0.0474. The summed E-state index contributed by atoms with van der Waals surface area (Å²) >= 11 is 0. The van der Waals surface area contributed by atoms with Crippen LogP contribution in [-0.2, 0) is 11.3 Å². The zero-order chi connectivity index (χ0) is 13.7. The lowest BCUT2D eigenvalue weighted by Gasteiger charge is -2.24. The number of hydrogen-bond acceptors (Lipinski definition) is 3. The highest BCUT2D eigenvalue weighted by atomic mass is 16.4. The van der Waals surface area contributed by atoms with Gasteiger partial charge < -0.3 is 10.4 Å². The molecule has 1 aromatic carbocycles. The Bertz CT molecular complexity index is 408. The Morgan fingerprint density at radius 1 is 1.37 bits per heavy atom. The molecule has 1 saturated heterocycles. The van der Waals surface area contributed by atoms with Gasteiger partial charge in [-0.05, 0) is 18.0 Å². The standard InChI is InChI=1S/C15H22N2O2/c1-12-8-16-14(7-15(18)19)11-17(9-12)10-13-5-3-2-4-6-13/h2-6,12,14,16H,7-11H2,1H3,(H,18,19). The Morgan fingerprint density at radius 3 is 2.79 bits per heavy atom. The van der Waals surface area contributed by atoms with Crippen LogP contribution in [0.15, 0.2) is 30.3 Å². The Hall–Kier alpha value is -1.39. The Morgan fingerprint density at radius 2 is 2.11 bits per heavy atom. The fourth-order valence-electron chi connectivity index (χ4n) is 2.64. The molecule has 1 aromatic rings. The molecule has 0 aliphatic carbocycles. The lowest BCUT2D eigenvalue weighted by molar-refractivity contribution is -0.137. The monoisotopic (exact) mass is 262 g/mol. The van der Waals surface area contributed by atoms with E-state index in [0.717, 1.165) is 26.2 Å². The maximum atomic E-state index is 10.9. The molecular formula is C15H22N2O2. The lowest BCUT2D eigenvalue weighted by Crippen LogP contribution is -2.38. The molecule has 0 bridgehead atoms. The van der Waals surface area contributed by atoms with Crippen LogP contribution in [0.5, 0.6) is 0 Å². The van der Waals surface area contributed by atoms with Gasteiger partial charge >= 0.3 is 5.97 Å². The van der Waals surface area contributed by atoms with E-state index in [1.165, 1.54) is 5.56 Å². The first kappa shape index (κ1) is 14.0. The molecule has 0 saturated carbocycles.